The molecule has 7 heteroatoms. The van der Waals surface area contributed by atoms with Crippen LogP contribution in [0.5, 0.6) is 0 Å². The van der Waals surface area contributed by atoms with Crippen molar-refractivity contribution in [1.82, 2.24) is 0 Å². The molecule has 2 aromatic rings. The van der Waals surface area contributed by atoms with E-state index in [9.17, 15) is 18.0 Å². The molecule has 3 rings (SSSR count). The normalized spacial score (nSPS) is 15.7. The molecule has 1 aliphatic rings. The van der Waals surface area contributed by atoms with Crippen LogP contribution in [0.1, 0.15) is 44.7 Å². The fraction of sp³-hybridized carbons (Fsp3) is 0.391. The molecular formula is C23H28N2O4S. The number of sulfone groups is 1. The van der Waals surface area contributed by atoms with Crippen molar-refractivity contribution in [1.29, 1.82) is 0 Å². The Morgan fingerprint density at radius 2 is 1.90 bits per heavy atom. The molecule has 0 fully saturated rings. The SMILES string of the molecule is CCC(=O)N1c2ccc(S(=O)(=O)CCC(=O)Nc3cccc(CC)c3)cc2C[C@H]1C. The van der Waals surface area contributed by atoms with Crippen molar-refractivity contribution >= 4 is 33.0 Å². The highest BCUT2D eigenvalue weighted by molar-refractivity contribution is 7.91. The van der Waals surface area contributed by atoms with Crippen molar-refractivity contribution in [2.24, 2.45) is 0 Å². The molecule has 1 N–H and O–H groups in total. The van der Waals surface area contributed by atoms with Crippen LogP contribution >= 0.6 is 0 Å². The first-order chi connectivity index (χ1) is 14.2. The number of rotatable bonds is 7. The Balaban J connectivity index is 1.68. The lowest BCUT2D eigenvalue weighted by Crippen LogP contribution is -2.35. The van der Waals surface area contributed by atoms with Gasteiger partial charge in [0, 0.05) is 30.3 Å². The van der Waals surface area contributed by atoms with Gasteiger partial charge in [-0.15, -0.1) is 0 Å². The molecule has 1 aliphatic heterocycles. The molecule has 0 saturated heterocycles. The van der Waals surface area contributed by atoms with Crippen molar-refractivity contribution in [3.63, 3.8) is 0 Å². The molecule has 0 aromatic heterocycles. The topological polar surface area (TPSA) is 83.6 Å². The molecule has 0 radical (unpaired) electrons. The van der Waals surface area contributed by atoms with Crippen LogP contribution in [0.25, 0.3) is 0 Å². The molecule has 2 amide bonds. The molecule has 2 aromatic carbocycles. The van der Waals surface area contributed by atoms with Crippen LogP contribution in [-0.4, -0.2) is 32.0 Å². The van der Waals surface area contributed by atoms with Gasteiger partial charge in [0.05, 0.1) is 10.6 Å². The summed E-state index contributed by atoms with van der Waals surface area (Å²) in [7, 11) is -3.61. The van der Waals surface area contributed by atoms with Crippen LogP contribution in [-0.2, 0) is 32.3 Å². The quantitative estimate of drug-likeness (QED) is 0.728. The Kier molecular flexibility index (Phi) is 6.61. The van der Waals surface area contributed by atoms with Crippen molar-refractivity contribution < 1.29 is 18.0 Å². The number of benzene rings is 2. The average molecular weight is 429 g/mol. The van der Waals surface area contributed by atoms with Gasteiger partial charge in [0.15, 0.2) is 9.84 Å². The number of nitrogens with one attached hydrogen (secondary N) is 1. The fourth-order valence-electron chi connectivity index (χ4n) is 3.79. The van der Waals surface area contributed by atoms with Gasteiger partial charge in [-0.25, -0.2) is 8.42 Å². The van der Waals surface area contributed by atoms with Gasteiger partial charge in [-0.1, -0.05) is 26.0 Å². The summed E-state index contributed by atoms with van der Waals surface area (Å²) < 4.78 is 25.6. The second kappa shape index (κ2) is 9.00. The zero-order valence-corrected chi connectivity index (χ0v) is 18.5. The van der Waals surface area contributed by atoms with E-state index in [0.717, 1.165) is 23.2 Å². The zero-order chi connectivity index (χ0) is 21.9. The van der Waals surface area contributed by atoms with Gasteiger partial charge < -0.3 is 10.2 Å². The number of carbonyl (C=O) groups excluding carboxylic acids is 2. The summed E-state index contributed by atoms with van der Waals surface area (Å²) in [6.07, 6.45) is 1.77. The molecule has 0 unspecified atom stereocenters. The predicted molar refractivity (Wildman–Crippen MR) is 119 cm³/mol. The second-order valence-electron chi connectivity index (χ2n) is 7.63. The van der Waals surface area contributed by atoms with E-state index in [2.05, 4.69) is 5.32 Å². The van der Waals surface area contributed by atoms with Crippen LogP contribution in [0, 0.1) is 0 Å². The summed E-state index contributed by atoms with van der Waals surface area (Å²) in [6.45, 7) is 5.80. The summed E-state index contributed by atoms with van der Waals surface area (Å²) in [5.41, 5.74) is 3.40. The molecule has 6 nitrogen and oxygen atoms in total. The Hall–Kier alpha value is -2.67. The molecule has 1 heterocycles. The number of carbonyl (C=O) groups is 2. The summed E-state index contributed by atoms with van der Waals surface area (Å²) in [5, 5.41) is 2.77. The van der Waals surface area contributed by atoms with Crippen molar-refractivity contribution in [3.05, 3.63) is 53.6 Å². The Labute approximate surface area is 178 Å². The van der Waals surface area contributed by atoms with Crippen LogP contribution in [0.4, 0.5) is 11.4 Å². The summed E-state index contributed by atoms with van der Waals surface area (Å²) in [6, 6.07) is 12.4. The number of nitrogens with zero attached hydrogens (tertiary/aromatic N) is 1. The van der Waals surface area contributed by atoms with Gasteiger partial charge in [-0.05, 0) is 61.2 Å². The predicted octanol–water partition coefficient (Wildman–Crippen LogP) is 3.74. The number of hydrogen-bond acceptors (Lipinski definition) is 4. The van der Waals surface area contributed by atoms with Gasteiger partial charge in [-0.3, -0.25) is 9.59 Å². The van der Waals surface area contributed by atoms with Gasteiger partial charge in [0.25, 0.3) is 0 Å². The Bertz CT molecular complexity index is 1060. The number of anilines is 2. The molecular weight excluding hydrogens is 400 g/mol. The highest BCUT2D eigenvalue weighted by Crippen LogP contribution is 2.34. The van der Waals surface area contributed by atoms with Crippen LogP contribution in [0.2, 0.25) is 0 Å². The standard InChI is InChI=1S/C23H28N2O4S/c1-4-17-7-6-8-19(14-17)24-22(26)11-12-30(28,29)20-9-10-21-18(15-20)13-16(3)25(21)23(27)5-2/h6-10,14-16H,4-5,11-13H2,1-3H3,(H,24,26)/t16-/m1/s1. The van der Waals surface area contributed by atoms with Crippen molar-refractivity contribution in [2.75, 3.05) is 16.0 Å². The van der Waals surface area contributed by atoms with E-state index in [1.165, 1.54) is 6.07 Å². The highest BCUT2D eigenvalue weighted by atomic mass is 32.2. The number of amides is 2. The number of fused-ring (bicyclic) bond motifs is 1. The van der Waals surface area contributed by atoms with E-state index in [1.807, 2.05) is 39.0 Å². The van der Waals surface area contributed by atoms with E-state index in [1.54, 1.807) is 23.1 Å². The van der Waals surface area contributed by atoms with Crippen molar-refractivity contribution in [2.45, 2.75) is 57.4 Å². The minimum atomic E-state index is -3.61. The van der Waals surface area contributed by atoms with E-state index < -0.39 is 9.84 Å². The van der Waals surface area contributed by atoms with Gasteiger partial charge in [0.1, 0.15) is 0 Å². The molecule has 0 bridgehead atoms. The van der Waals surface area contributed by atoms with Crippen LogP contribution < -0.4 is 10.2 Å². The third-order valence-corrected chi connectivity index (χ3v) is 7.13. The van der Waals surface area contributed by atoms with Crippen molar-refractivity contribution in [3.8, 4) is 0 Å². The van der Waals surface area contributed by atoms with Gasteiger partial charge in [-0.2, -0.15) is 0 Å². The smallest absolute Gasteiger partial charge is 0.226 e. The molecule has 0 saturated carbocycles. The zero-order valence-electron chi connectivity index (χ0n) is 17.6. The first-order valence-corrected chi connectivity index (χ1v) is 12.0. The average Bonchev–Trinajstić information content (AvgIpc) is 3.06. The van der Waals surface area contributed by atoms with Crippen LogP contribution in [0.15, 0.2) is 47.4 Å². The fourth-order valence-corrected chi connectivity index (χ4v) is 5.08. The first-order valence-electron chi connectivity index (χ1n) is 10.3. The molecule has 0 aliphatic carbocycles. The molecule has 0 spiro atoms. The maximum Gasteiger partial charge on any atom is 0.226 e. The van der Waals surface area contributed by atoms with Crippen LogP contribution in [0.3, 0.4) is 0 Å². The number of hydrogen-bond donors (Lipinski definition) is 1. The summed E-state index contributed by atoms with van der Waals surface area (Å²) in [4.78, 5) is 26.4. The first kappa shape index (κ1) is 22.0. The molecule has 30 heavy (non-hydrogen) atoms. The van der Waals surface area contributed by atoms with E-state index in [-0.39, 0.29) is 34.9 Å². The lowest BCUT2D eigenvalue weighted by Gasteiger charge is -2.22. The lowest BCUT2D eigenvalue weighted by atomic mass is 10.1. The monoisotopic (exact) mass is 428 g/mol. The number of aryl methyl sites for hydroxylation is 1. The molecule has 160 valence electrons. The van der Waals surface area contributed by atoms with Gasteiger partial charge in [0.2, 0.25) is 11.8 Å². The Morgan fingerprint density at radius 1 is 1.13 bits per heavy atom. The lowest BCUT2D eigenvalue weighted by molar-refractivity contribution is -0.118. The minimum Gasteiger partial charge on any atom is -0.326 e. The van der Waals surface area contributed by atoms with E-state index in [0.29, 0.717) is 18.5 Å². The molecule has 1 atom stereocenters. The maximum atomic E-state index is 12.8. The third-order valence-electron chi connectivity index (χ3n) is 5.41. The van der Waals surface area contributed by atoms with E-state index in [4.69, 9.17) is 0 Å². The largest absolute Gasteiger partial charge is 0.326 e. The second-order valence-corrected chi connectivity index (χ2v) is 9.74. The highest BCUT2D eigenvalue weighted by Gasteiger charge is 2.31. The third kappa shape index (κ3) is 4.73. The minimum absolute atomic E-state index is 0.00932. The van der Waals surface area contributed by atoms with E-state index >= 15 is 0 Å². The maximum absolute atomic E-state index is 12.8. The summed E-state index contributed by atoms with van der Waals surface area (Å²) in [5.74, 6) is -0.569. The Morgan fingerprint density at radius 3 is 2.60 bits per heavy atom. The summed E-state index contributed by atoms with van der Waals surface area (Å²) >= 11 is 0. The van der Waals surface area contributed by atoms with Gasteiger partial charge >= 0.3 is 0 Å².